The van der Waals surface area contributed by atoms with Gasteiger partial charge in [-0.25, -0.2) is 0 Å². The summed E-state index contributed by atoms with van der Waals surface area (Å²) in [6, 6.07) is 0. The highest BCUT2D eigenvalue weighted by Gasteiger charge is 2.38. The molecular weight excluding hydrogens is 246 g/mol. The van der Waals surface area contributed by atoms with Crippen LogP contribution in [-0.2, 0) is 19.1 Å². The van der Waals surface area contributed by atoms with E-state index >= 15 is 0 Å². The van der Waals surface area contributed by atoms with Crippen LogP contribution in [0.25, 0.3) is 0 Å². The van der Waals surface area contributed by atoms with Crippen LogP contribution in [0.5, 0.6) is 0 Å². The molecule has 1 rings (SSSR count). The van der Waals surface area contributed by atoms with Crippen LogP contribution < -0.4 is 0 Å². The number of esters is 1. The molecule has 1 aliphatic heterocycles. The van der Waals surface area contributed by atoms with Crippen LogP contribution in [0.2, 0.25) is 0 Å². The van der Waals surface area contributed by atoms with Crippen LogP contribution in [0.3, 0.4) is 0 Å². The Labute approximate surface area is 115 Å². The molecule has 5 nitrogen and oxygen atoms in total. The maximum atomic E-state index is 12.5. The number of nitrogens with zero attached hydrogens (tertiary/aromatic N) is 1. The van der Waals surface area contributed by atoms with Crippen molar-refractivity contribution < 1.29 is 19.1 Å². The van der Waals surface area contributed by atoms with Crippen LogP contribution in [0.4, 0.5) is 0 Å². The molecule has 5 heteroatoms. The summed E-state index contributed by atoms with van der Waals surface area (Å²) in [5.74, 6) is -0.433. The zero-order valence-corrected chi connectivity index (χ0v) is 12.4. The topological polar surface area (TPSA) is 55.8 Å². The Kier molecular flexibility index (Phi) is 5.79. The lowest BCUT2D eigenvalue weighted by Gasteiger charge is -2.37. The molecule has 0 aromatic carbocycles. The average molecular weight is 271 g/mol. The maximum Gasteiger partial charge on any atom is 0.310 e. The first-order chi connectivity index (χ1) is 8.98. The van der Waals surface area contributed by atoms with E-state index in [9.17, 15) is 9.59 Å². The van der Waals surface area contributed by atoms with Crippen LogP contribution in [0.15, 0.2) is 0 Å². The van der Waals surface area contributed by atoms with E-state index in [1.54, 1.807) is 25.9 Å². The average Bonchev–Trinajstić information content (AvgIpc) is 2.46. The van der Waals surface area contributed by atoms with Gasteiger partial charge in [-0.05, 0) is 33.1 Å². The number of rotatable bonds is 5. The fourth-order valence-corrected chi connectivity index (χ4v) is 2.33. The van der Waals surface area contributed by atoms with Crippen molar-refractivity contribution in [3.8, 4) is 0 Å². The summed E-state index contributed by atoms with van der Waals surface area (Å²) in [4.78, 5) is 26.0. The number of carbonyl (C=O) groups excluding carboxylic acids is 2. The molecule has 110 valence electrons. The van der Waals surface area contributed by atoms with E-state index in [1.807, 2.05) is 6.92 Å². The molecule has 0 saturated carbocycles. The monoisotopic (exact) mass is 271 g/mol. The molecular formula is C14H25NO4. The van der Waals surface area contributed by atoms with Crippen molar-refractivity contribution in [2.45, 2.75) is 45.6 Å². The third-order valence-corrected chi connectivity index (χ3v) is 3.91. The van der Waals surface area contributed by atoms with E-state index in [1.165, 1.54) is 0 Å². The van der Waals surface area contributed by atoms with Crippen molar-refractivity contribution >= 4 is 11.9 Å². The first-order valence-corrected chi connectivity index (χ1v) is 6.99. The van der Waals surface area contributed by atoms with Crippen LogP contribution in [-0.4, -0.2) is 49.2 Å². The lowest BCUT2D eigenvalue weighted by molar-refractivity contribution is -0.159. The lowest BCUT2D eigenvalue weighted by Crippen LogP contribution is -2.52. The minimum absolute atomic E-state index is 0.0356. The Morgan fingerprint density at radius 3 is 2.58 bits per heavy atom. The molecule has 0 aromatic rings. The molecule has 0 radical (unpaired) electrons. The quantitative estimate of drug-likeness (QED) is 0.713. The minimum atomic E-state index is -0.795. The van der Waals surface area contributed by atoms with Crippen LogP contribution in [0, 0.1) is 5.92 Å². The zero-order valence-electron chi connectivity index (χ0n) is 12.4. The number of carbonyl (C=O) groups is 2. The Morgan fingerprint density at radius 2 is 2.05 bits per heavy atom. The number of hydrogen-bond acceptors (Lipinski definition) is 4. The molecule has 0 bridgehead atoms. The van der Waals surface area contributed by atoms with Gasteiger partial charge in [0.1, 0.15) is 5.60 Å². The molecule has 19 heavy (non-hydrogen) atoms. The Hall–Kier alpha value is -1.10. The van der Waals surface area contributed by atoms with Gasteiger partial charge in [0.05, 0.1) is 12.5 Å². The molecule has 1 aliphatic rings. The summed E-state index contributed by atoms with van der Waals surface area (Å²) < 4.78 is 10.4. The summed E-state index contributed by atoms with van der Waals surface area (Å²) >= 11 is 0. The second kappa shape index (κ2) is 6.89. The van der Waals surface area contributed by atoms with E-state index in [-0.39, 0.29) is 17.8 Å². The molecule has 1 amide bonds. The number of piperidine rings is 1. The molecule has 0 aliphatic carbocycles. The number of likely N-dealkylation sites (tertiary alicyclic amines) is 1. The van der Waals surface area contributed by atoms with Gasteiger partial charge < -0.3 is 14.4 Å². The lowest BCUT2D eigenvalue weighted by atomic mass is 9.94. The second-order valence-corrected chi connectivity index (χ2v) is 5.13. The van der Waals surface area contributed by atoms with E-state index < -0.39 is 5.60 Å². The summed E-state index contributed by atoms with van der Waals surface area (Å²) in [6.45, 7) is 7.03. The predicted molar refractivity (Wildman–Crippen MR) is 71.6 cm³/mol. The molecule has 0 N–H and O–H groups in total. The number of ether oxygens (including phenoxy) is 2. The number of amides is 1. The highest BCUT2D eigenvalue weighted by Crippen LogP contribution is 2.24. The molecule has 1 saturated heterocycles. The summed E-state index contributed by atoms with van der Waals surface area (Å²) in [5.41, 5.74) is -0.795. The van der Waals surface area contributed by atoms with Crippen molar-refractivity contribution in [2.24, 2.45) is 5.92 Å². The van der Waals surface area contributed by atoms with Gasteiger partial charge in [-0.3, -0.25) is 9.59 Å². The first-order valence-electron chi connectivity index (χ1n) is 6.99. The van der Waals surface area contributed by atoms with E-state index in [4.69, 9.17) is 9.47 Å². The molecule has 0 aromatic heterocycles. The highest BCUT2D eigenvalue weighted by atomic mass is 16.5. The van der Waals surface area contributed by atoms with Crippen molar-refractivity contribution in [1.82, 2.24) is 4.90 Å². The van der Waals surface area contributed by atoms with Crippen molar-refractivity contribution in [3.63, 3.8) is 0 Å². The maximum absolute atomic E-state index is 12.5. The van der Waals surface area contributed by atoms with Gasteiger partial charge in [0.2, 0.25) is 0 Å². The van der Waals surface area contributed by atoms with Crippen LogP contribution in [0.1, 0.15) is 40.0 Å². The third-order valence-electron chi connectivity index (χ3n) is 3.91. The molecule has 1 unspecified atom stereocenters. The van der Waals surface area contributed by atoms with Gasteiger partial charge in [-0.2, -0.15) is 0 Å². The fraction of sp³-hybridized carbons (Fsp3) is 0.857. The van der Waals surface area contributed by atoms with Crippen molar-refractivity contribution in [3.05, 3.63) is 0 Å². The van der Waals surface area contributed by atoms with E-state index in [2.05, 4.69) is 0 Å². The normalized spacial score (nSPS) is 22.7. The van der Waals surface area contributed by atoms with Gasteiger partial charge in [0.15, 0.2) is 0 Å². The van der Waals surface area contributed by atoms with Crippen molar-refractivity contribution in [1.29, 1.82) is 0 Å². The summed E-state index contributed by atoms with van der Waals surface area (Å²) in [7, 11) is 1.55. The highest BCUT2D eigenvalue weighted by molar-refractivity contribution is 5.85. The molecule has 0 spiro atoms. The molecule has 2 atom stereocenters. The summed E-state index contributed by atoms with van der Waals surface area (Å²) in [5, 5.41) is 0. The van der Waals surface area contributed by atoms with Gasteiger partial charge in [0, 0.05) is 20.2 Å². The van der Waals surface area contributed by atoms with Gasteiger partial charge in [-0.15, -0.1) is 0 Å². The van der Waals surface area contributed by atoms with Crippen molar-refractivity contribution in [2.75, 3.05) is 26.8 Å². The van der Waals surface area contributed by atoms with Crippen LogP contribution >= 0.6 is 0 Å². The van der Waals surface area contributed by atoms with E-state index in [0.29, 0.717) is 26.1 Å². The Balaban J connectivity index is 2.69. The SMILES string of the molecule is CCOC(=O)[C@@H]1CCCN(C(=O)C(C)(CC)OC)C1. The molecule has 1 heterocycles. The Morgan fingerprint density at radius 1 is 1.37 bits per heavy atom. The Bertz CT molecular complexity index is 325. The summed E-state index contributed by atoms with van der Waals surface area (Å²) in [6.07, 6.45) is 2.24. The smallest absolute Gasteiger partial charge is 0.310 e. The third kappa shape index (κ3) is 3.69. The fourth-order valence-electron chi connectivity index (χ4n) is 2.33. The number of hydrogen-bond donors (Lipinski definition) is 0. The predicted octanol–water partition coefficient (Wildman–Crippen LogP) is 1.60. The van der Waals surface area contributed by atoms with Gasteiger partial charge in [-0.1, -0.05) is 6.92 Å². The minimum Gasteiger partial charge on any atom is -0.466 e. The molecule has 1 fully saturated rings. The number of methoxy groups -OCH3 is 1. The first kappa shape index (κ1) is 16.0. The van der Waals surface area contributed by atoms with Gasteiger partial charge in [0.25, 0.3) is 5.91 Å². The standard InChI is InChI=1S/C14H25NO4/c1-5-14(3,18-4)13(17)15-9-7-8-11(10-15)12(16)19-6-2/h11H,5-10H2,1-4H3/t11-,14?/m1/s1. The second-order valence-electron chi connectivity index (χ2n) is 5.13. The zero-order chi connectivity index (χ0) is 14.5. The van der Waals surface area contributed by atoms with Gasteiger partial charge >= 0.3 is 5.97 Å². The largest absolute Gasteiger partial charge is 0.466 e. The van der Waals surface area contributed by atoms with E-state index in [0.717, 1.165) is 12.8 Å².